The summed E-state index contributed by atoms with van der Waals surface area (Å²) in [5.41, 5.74) is 1.87. The molecule has 2 rings (SSSR count). The molecule has 1 fully saturated rings. The van der Waals surface area contributed by atoms with Gasteiger partial charge >= 0.3 is 0 Å². The van der Waals surface area contributed by atoms with Crippen molar-refractivity contribution in [2.75, 3.05) is 20.2 Å². The van der Waals surface area contributed by atoms with Crippen LogP contribution in [-0.4, -0.2) is 42.2 Å². The van der Waals surface area contributed by atoms with Crippen LogP contribution in [0.5, 0.6) is 5.75 Å². The standard InChI is InChI=1S/C16H21NO3/c1-12(13-5-3-7-15(10-13)20-2)9-16(19)17-8-4-6-14(18)11-17/h3,5,7,9-10,14,18H,4,6,8,11H2,1-2H3. The SMILES string of the molecule is COc1cccc(C(C)=CC(=O)N2CCCC(O)C2)c1. The van der Waals surface area contributed by atoms with Gasteiger partial charge in [-0.15, -0.1) is 0 Å². The number of methoxy groups -OCH3 is 1. The largest absolute Gasteiger partial charge is 0.497 e. The molecule has 1 aromatic carbocycles. The number of rotatable bonds is 3. The van der Waals surface area contributed by atoms with Crippen molar-refractivity contribution < 1.29 is 14.6 Å². The Morgan fingerprint density at radius 3 is 3.00 bits per heavy atom. The second-order valence-corrected chi connectivity index (χ2v) is 5.14. The minimum atomic E-state index is -0.391. The number of allylic oxidation sites excluding steroid dienone is 1. The molecule has 1 N–H and O–H groups in total. The average Bonchev–Trinajstić information content (AvgIpc) is 2.47. The maximum absolute atomic E-state index is 12.2. The third-order valence-electron chi connectivity index (χ3n) is 3.57. The number of β-amino-alcohol motifs (C(OH)–C–C–N with tert-alkyl or cyclic N) is 1. The number of likely N-dealkylation sites (tertiary alicyclic amines) is 1. The molecule has 4 nitrogen and oxygen atoms in total. The molecule has 0 bridgehead atoms. The molecular formula is C16H21NO3. The van der Waals surface area contributed by atoms with Crippen molar-refractivity contribution in [1.29, 1.82) is 0 Å². The molecule has 1 unspecified atom stereocenters. The van der Waals surface area contributed by atoms with Crippen LogP contribution in [0.3, 0.4) is 0 Å². The molecule has 108 valence electrons. The number of carbonyl (C=O) groups excluding carboxylic acids is 1. The fourth-order valence-corrected chi connectivity index (χ4v) is 2.38. The van der Waals surface area contributed by atoms with Crippen molar-refractivity contribution in [3.8, 4) is 5.75 Å². The second-order valence-electron chi connectivity index (χ2n) is 5.14. The molecule has 1 aliphatic rings. The molecule has 1 aromatic rings. The number of benzene rings is 1. The van der Waals surface area contributed by atoms with Crippen molar-refractivity contribution in [2.24, 2.45) is 0 Å². The van der Waals surface area contributed by atoms with E-state index in [1.54, 1.807) is 18.1 Å². The normalized spacial score (nSPS) is 19.9. The number of nitrogens with zero attached hydrogens (tertiary/aromatic N) is 1. The highest BCUT2D eigenvalue weighted by molar-refractivity contribution is 5.95. The second kappa shape index (κ2) is 6.57. The van der Waals surface area contributed by atoms with Gasteiger partial charge in [0.25, 0.3) is 0 Å². The van der Waals surface area contributed by atoms with Crippen LogP contribution in [-0.2, 0) is 4.79 Å². The zero-order valence-electron chi connectivity index (χ0n) is 12.0. The number of piperidine rings is 1. The summed E-state index contributed by atoms with van der Waals surface area (Å²) in [6.45, 7) is 3.06. The highest BCUT2D eigenvalue weighted by Gasteiger charge is 2.20. The van der Waals surface area contributed by atoms with Gasteiger partial charge in [0.2, 0.25) is 5.91 Å². The zero-order chi connectivity index (χ0) is 14.5. The predicted molar refractivity (Wildman–Crippen MR) is 78.5 cm³/mol. The summed E-state index contributed by atoms with van der Waals surface area (Å²) in [4.78, 5) is 13.9. The predicted octanol–water partition coefficient (Wildman–Crippen LogP) is 2.08. The summed E-state index contributed by atoms with van der Waals surface area (Å²) in [5, 5.41) is 9.62. The Bertz CT molecular complexity index is 510. The van der Waals surface area contributed by atoms with Crippen LogP contribution in [0.25, 0.3) is 5.57 Å². The van der Waals surface area contributed by atoms with Crippen molar-refractivity contribution in [3.63, 3.8) is 0 Å². The maximum Gasteiger partial charge on any atom is 0.246 e. The Labute approximate surface area is 119 Å². The van der Waals surface area contributed by atoms with E-state index in [0.29, 0.717) is 6.54 Å². The lowest BCUT2D eigenvalue weighted by molar-refractivity contribution is -0.128. The fraction of sp³-hybridized carbons (Fsp3) is 0.438. The van der Waals surface area contributed by atoms with E-state index >= 15 is 0 Å². The number of amides is 1. The lowest BCUT2D eigenvalue weighted by atomic mass is 10.1. The zero-order valence-corrected chi connectivity index (χ0v) is 12.0. The summed E-state index contributed by atoms with van der Waals surface area (Å²) in [5.74, 6) is 0.736. The maximum atomic E-state index is 12.2. The van der Waals surface area contributed by atoms with Gasteiger partial charge in [0.05, 0.1) is 13.2 Å². The van der Waals surface area contributed by atoms with Crippen LogP contribution < -0.4 is 4.74 Å². The average molecular weight is 275 g/mol. The third-order valence-corrected chi connectivity index (χ3v) is 3.57. The smallest absolute Gasteiger partial charge is 0.246 e. The highest BCUT2D eigenvalue weighted by Crippen LogP contribution is 2.20. The van der Waals surface area contributed by atoms with Crippen LogP contribution in [0, 0.1) is 0 Å². The topological polar surface area (TPSA) is 49.8 Å². The van der Waals surface area contributed by atoms with Gasteiger partial charge in [0.1, 0.15) is 5.75 Å². The molecule has 20 heavy (non-hydrogen) atoms. The summed E-state index contributed by atoms with van der Waals surface area (Å²) < 4.78 is 5.18. The Morgan fingerprint density at radius 1 is 1.50 bits per heavy atom. The van der Waals surface area contributed by atoms with Gasteiger partial charge in [-0.2, -0.15) is 0 Å². The number of aliphatic hydroxyl groups is 1. The van der Waals surface area contributed by atoms with Crippen LogP contribution in [0.15, 0.2) is 30.3 Å². The number of aliphatic hydroxyl groups excluding tert-OH is 1. The van der Waals surface area contributed by atoms with E-state index in [1.165, 1.54) is 0 Å². The lowest BCUT2D eigenvalue weighted by Gasteiger charge is -2.29. The van der Waals surface area contributed by atoms with Crippen LogP contribution >= 0.6 is 0 Å². The molecule has 1 saturated heterocycles. The fourth-order valence-electron chi connectivity index (χ4n) is 2.38. The lowest BCUT2D eigenvalue weighted by Crippen LogP contribution is -2.41. The third kappa shape index (κ3) is 3.61. The molecule has 0 spiro atoms. The first-order valence-corrected chi connectivity index (χ1v) is 6.90. The Kier molecular flexibility index (Phi) is 4.79. The molecule has 4 heteroatoms. The first kappa shape index (κ1) is 14.6. The van der Waals surface area contributed by atoms with E-state index in [1.807, 2.05) is 31.2 Å². The van der Waals surface area contributed by atoms with Crippen LogP contribution in [0.1, 0.15) is 25.3 Å². The number of carbonyl (C=O) groups is 1. The number of ether oxygens (including phenoxy) is 1. The number of hydrogen-bond acceptors (Lipinski definition) is 3. The monoisotopic (exact) mass is 275 g/mol. The molecular weight excluding hydrogens is 254 g/mol. The van der Waals surface area contributed by atoms with E-state index < -0.39 is 6.10 Å². The van der Waals surface area contributed by atoms with Gasteiger partial charge in [-0.1, -0.05) is 12.1 Å². The molecule has 0 radical (unpaired) electrons. The molecule has 1 atom stereocenters. The first-order chi connectivity index (χ1) is 9.60. The molecule has 0 saturated carbocycles. The van der Waals surface area contributed by atoms with Crippen LogP contribution in [0.4, 0.5) is 0 Å². The molecule has 1 heterocycles. The van der Waals surface area contributed by atoms with Gasteiger partial charge in [0, 0.05) is 19.2 Å². The summed E-state index contributed by atoms with van der Waals surface area (Å²) >= 11 is 0. The Hall–Kier alpha value is -1.81. The van der Waals surface area contributed by atoms with Crippen molar-refractivity contribution in [2.45, 2.75) is 25.9 Å². The van der Waals surface area contributed by atoms with Gasteiger partial charge in [-0.25, -0.2) is 0 Å². The van der Waals surface area contributed by atoms with Crippen molar-refractivity contribution in [3.05, 3.63) is 35.9 Å². The van der Waals surface area contributed by atoms with Gasteiger partial charge in [0.15, 0.2) is 0 Å². The Balaban J connectivity index is 2.10. The quantitative estimate of drug-likeness (QED) is 0.859. The molecule has 1 amide bonds. The van der Waals surface area contributed by atoms with Crippen molar-refractivity contribution >= 4 is 11.5 Å². The van der Waals surface area contributed by atoms with E-state index in [9.17, 15) is 9.90 Å². The minimum Gasteiger partial charge on any atom is -0.497 e. The van der Waals surface area contributed by atoms with Gasteiger partial charge in [-0.05, 0) is 43.0 Å². The summed E-state index contributed by atoms with van der Waals surface area (Å²) in [7, 11) is 1.62. The van der Waals surface area contributed by atoms with E-state index in [4.69, 9.17) is 4.74 Å². The number of hydrogen-bond donors (Lipinski definition) is 1. The summed E-state index contributed by atoms with van der Waals surface area (Å²) in [6, 6.07) is 7.64. The van der Waals surface area contributed by atoms with E-state index in [-0.39, 0.29) is 5.91 Å². The van der Waals surface area contributed by atoms with Crippen molar-refractivity contribution in [1.82, 2.24) is 4.90 Å². The minimum absolute atomic E-state index is 0.0379. The Morgan fingerprint density at radius 2 is 2.30 bits per heavy atom. The highest BCUT2D eigenvalue weighted by atomic mass is 16.5. The van der Waals surface area contributed by atoms with Crippen LogP contribution in [0.2, 0.25) is 0 Å². The van der Waals surface area contributed by atoms with E-state index in [2.05, 4.69) is 0 Å². The molecule has 0 aliphatic carbocycles. The van der Waals surface area contributed by atoms with Gasteiger partial charge < -0.3 is 14.7 Å². The molecule has 1 aliphatic heterocycles. The van der Waals surface area contributed by atoms with E-state index in [0.717, 1.165) is 36.3 Å². The van der Waals surface area contributed by atoms with Gasteiger partial charge in [-0.3, -0.25) is 4.79 Å². The first-order valence-electron chi connectivity index (χ1n) is 6.90. The summed E-state index contributed by atoms with van der Waals surface area (Å²) in [6.07, 6.45) is 2.88. The molecule has 0 aromatic heterocycles.